The third-order valence-electron chi connectivity index (χ3n) is 3.08. The number of methoxy groups -OCH3 is 1. The minimum absolute atomic E-state index is 0.628. The van der Waals surface area contributed by atoms with E-state index in [1.54, 1.807) is 13.2 Å². The number of nitrogens with zero attached hydrogens (tertiary/aromatic N) is 2. The lowest BCUT2D eigenvalue weighted by atomic mass is 10.1. The molecule has 0 saturated carbocycles. The maximum atomic E-state index is 7.41. The normalized spacial score (nSPS) is 10.3. The van der Waals surface area contributed by atoms with Gasteiger partial charge < -0.3 is 10.1 Å². The highest BCUT2D eigenvalue weighted by molar-refractivity contribution is 5.80. The molecule has 4 nitrogen and oxygen atoms in total. The van der Waals surface area contributed by atoms with Crippen LogP contribution in [0.15, 0.2) is 24.8 Å². The number of benzene rings is 1. The van der Waals surface area contributed by atoms with E-state index in [1.165, 1.54) is 6.21 Å². The van der Waals surface area contributed by atoms with Gasteiger partial charge in [-0.15, -0.1) is 0 Å². The number of rotatable bonds is 4. The minimum Gasteiger partial charge on any atom is -0.497 e. The molecule has 4 heteroatoms. The average Bonchev–Trinajstić information content (AvgIpc) is 2.74. The molecule has 2 aromatic rings. The Bertz CT molecular complexity index is 641. The minimum atomic E-state index is 0.628. The van der Waals surface area contributed by atoms with Crippen LogP contribution in [0.25, 0.3) is 11.8 Å². The largest absolute Gasteiger partial charge is 0.497 e. The van der Waals surface area contributed by atoms with Crippen LogP contribution < -0.4 is 4.74 Å². The summed E-state index contributed by atoms with van der Waals surface area (Å²) in [6.07, 6.45) is 2.98. The fourth-order valence-corrected chi connectivity index (χ4v) is 2.18. The summed E-state index contributed by atoms with van der Waals surface area (Å²) in [6.45, 7) is 7.76. The molecule has 0 aliphatic rings. The smallest absolute Gasteiger partial charge is 0.119 e. The molecule has 1 N–H and O–H groups in total. The highest BCUT2D eigenvalue weighted by Crippen LogP contribution is 2.24. The van der Waals surface area contributed by atoms with Gasteiger partial charge in [0.1, 0.15) is 17.3 Å². The van der Waals surface area contributed by atoms with E-state index in [1.807, 2.05) is 36.6 Å². The SMILES string of the molecule is C=Cc1c(C=N)nc(C)n1-c1ccc(OC)cc1C. The second kappa shape index (κ2) is 5.10. The van der Waals surface area contributed by atoms with Crippen molar-refractivity contribution in [3.8, 4) is 11.4 Å². The van der Waals surface area contributed by atoms with Crippen molar-refractivity contribution in [2.45, 2.75) is 13.8 Å². The van der Waals surface area contributed by atoms with E-state index in [2.05, 4.69) is 11.6 Å². The fraction of sp³-hybridized carbons (Fsp3) is 0.200. The number of ether oxygens (including phenoxy) is 1. The quantitative estimate of drug-likeness (QED) is 0.853. The van der Waals surface area contributed by atoms with Gasteiger partial charge in [-0.2, -0.15) is 0 Å². The molecule has 0 fully saturated rings. The van der Waals surface area contributed by atoms with Crippen molar-refractivity contribution in [1.29, 1.82) is 5.41 Å². The van der Waals surface area contributed by atoms with Gasteiger partial charge in [-0.3, -0.25) is 4.57 Å². The zero-order valence-electron chi connectivity index (χ0n) is 11.4. The second-order valence-corrected chi connectivity index (χ2v) is 4.27. The van der Waals surface area contributed by atoms with Crippen LogP contribution >= 0.6 is 0 Å². The van der Waals surface area contributed by atoms with Gasteiger partial charge in [-0.1, -0.05) is 6.58 Å². The lowest BCUT2D eigenvalue weighted by Gasteiger charge is -2.12. The molecule has 0 amide bonds. The Morgan fingerprint density at radius 1 is 1.37 bits per heavy atom. The van der Waals surface area contributed by atoms with Gasteiger partial charge in [0.15, 0.2) is 0 Å². The summed E-state index contributed by atoms with van der Waals surface area (Å²) in [7, 11) is 1.65. The van der Waals surface area contributed by atoms with Crippen LogP contribution in [-0.2, 0) is 0 Å². The van der Waals surface area contributed by atoms with Gasteiger partial charge in [-0.25, -0.2) is 4.98 Å². The van der Waals surface area contributed by atoms with Gasteiger partial charge in [0.2, 0.25) is 0 Å². The molecule has 0 spiro atoms. The second-order valence-electron chi connectivity index (χ2n) is 4.27. The molecule has 0 atom stereocenters. The Balaban J connectivity index is 2.68. The predicted octanol–water partition coefficient (Wildman–Crippen LogP) is 3.14. The van der Waals surface area contributed by atoms with E-state index in [0.29, 0.717) is 5.69 Å². The van der Waals surface area contributed by atoms with Crippen molar-refractivity contribution in [2.24, 2.45) is 0 Å². The molecule has 1 aromatic heterocycles. The van der Waals surface area contributed by atoms with E-state index < -0.39 is 0 Å². The van der Waals surface area contributed by atoms with E-state index in [4.69, 9.17) is 10.1 Å². The van der Waals surface area contributed by atoms with Crippen molar-refractivity contribution in [1.82, 2.24) is 9.55 Å². The third-order valence-corrected chi connectivity index (χ3v) is 3.08. The highest BCUT2D eigenvalue weighted by Gasteiger charge is 2.13. The molecule has 0 radical (unpaired) electrons. The summed E-state index contributed by atoms with van der Waals surface area (Å²) < 4.78 is 7.22. The average molecular weight is 255 g/mol. The maximum absolute atomic E-state index is 7.41. The summed E-state index contributed by atoms with van der Waals surface area (Å²) in [4.78, 5) is 4.38. The molecular formula is C15H17N3O. The molecule has 0 saturated heterocycles. The van der Waals surface area contributed by atoms with Crippen LogP contribution in [0.5, 0.6) is 5.75 Å². The maximum Gasteiger partial charge on any atom is 0.119 e. The third kappa shape index (κ3) is 2.17. The molecule has 0 unspecified atom stereocenters. The topological polar surface area (TPSA) is 50.9 Å². The van der Waals surface area contributed by atoms with Gasteiger partial charge in [0.25, 0.3) is 0 Å². The number of imidazole rings is 1. The Labute approximate surface area is 112 Å². The molecule has 2 rings (SSSR count). The van der Waals surface area contributed by atoms with Crippen molar-refractivity contribution in [2.75, 3.05) is 7.11 Å². The lowest BCUT2D eigenvalue weighted by Crippen LogP contribution is -2.02. The van der Waals surface area contributed by atoms with Gasteiger partial charge >= 0.3 is 0 Å². The number of aromatic nitrogens is 2. The first-order chi connectivity index (χ1) is 9.12. The lowest BCUT2D eigenvalue weighted by molar-refractivity contribution is 0.414. The number of hydrogen-bond donors (Lipinski definition) is 1. The summed E-state index contributed by atoms with van der Waals surface area (Å²) in [5, 5.41) is 7.41. The standard InChI is InChI=1S/C15H17N3O/c1-5-14-13(9-16)17-11(3)18(14)15-7-6-12(19-4)8-10(15)2/h5-9,16H,1H2,2-4H3. The molecule has 1 heterocycles. The molecule has 1 aromatic carbocycles. The molecule has 0 aliphatic heterocycles. The number of nitrogens with one attached hydrogen (secondary N) is 1. The Hall–Kier alpha value is -2.36. The van der Waals surface area contributed by atoms with Crippen LogP contribution in [0, 0.1) is 19.3 Å². The molecule has 98 valence electrons. The van der Waals surface area contributed by atoms with Gasteiger partial charge in [0.05, 0.1) is 18.5 Å². The first kappa shape index (κ1) is 13.1. The monoisotopic (exact) mass is 255 g/mol. The predicted molar refractivity (Wildman–Crippen MR) is 77.6 cm³/mol. The molecular weight excluding hydrogens is 238 g/mol. The fourth-order valence-electron chi connectivity index (χ4n) is 2.18. The Kier molecular flexibility index (Phi) is 3.51. The van der Waals surface area contributed by atoms with Crippen LogP contribution in [0.2, 0.25) is 0 Å². The number of aryl methyl sites for hydroxylation is 2. The first-order valence-electron chi connectivity index (χ1n) is 5.99. The Morgan fingerprint density at radius 3 is 2.63 bits per heavy atom. The zero-order chi connectivity index (χ0) is 14.0. The molecule has 0 bridgehead atoms. The van der Waals surface area contributed by atoms with Crippen molar-refractivity contribution in [3.05, 3.63) is 47.6 Å². The van der Waals surface area contributed by atoms with Crippen LogP contribution in [-0.4, -0.2) is 22.9 Å². The van der Waals surface area contributed by atoms with Crippen LogP contribution in [0.3, 0.4) is 0 Å². The van der Waals surface area contributed by atoms with E-state index in [9.17, 15) is 0 Å². The Morgan fingerprint density at radius 2 is 2.11 bits per heavy atom. The molecule has 0 aliphatic carbocycles. The summed E-state index contributed by atoms with van der Waals surface area (Å²) >= 11 is 0. The summed E-state index contributed by atoms with van der Waals surface area (Å²) in [5.41, 5.74) is 3.57. The van der Waals surface area contributed by atoms with E-state index in [0.717, 1.165) is 28.5 Å². The van der Waals surface area contributed by atoms with E-state index >= 15 is 0 Å². The van der Waals surface area contributed by atoms with Gasteiger partial charge in [-0.05, 0) is 43.7 Å². The van der Waals surface area contributed by atoms with Crippen molar-refractivity contribution < 1.29 is 4.74 Å². The van der Waals surface area contributed by atoms with Crippen LogP contribution in [0.1, 0.15) is 22.8 Å². The van der Waals surface area contributed by atoms with E-state index in [-0.39, 0.29) is 0 Å². The van der Waals surface area contributed by atoms with Gasteiger partial charge in [0, 0.05) is 6.21 Å². The van der Waals surface area contributed by atoms with Crippen LogP contribution in [0.4, 0.5) is 0 Å². The highest BCUT2D eigenvalue weighted by atomic mass is 16.5. The summed E-state index contributed by atoms with van der Waals surface area (Å²) in [5.74, 6) is 1.66. The van der Waals surface area contributed by atoms with Crippen molar-refractivity contribution in [3.63, 3.8) is 0 Å². The zero-order valence-corrected chi connectivity index (χ0v) is 11.4. The first-order valence-corrected chi connectivity index (χ1v) is 5.99. The number of hydrogen-bond acceptors (Lipinski definition) is 3. The summed E-state index contributed by atoms with van der Waals surface area (Å²) in [6, 6.07) is 5.88. The molecule has 19 heavy (non-hydrogen) atoms. The van der Waals surface area contributed by atoms with Crippen molar-refractivity contribution >= 4 is 12.3 Å².